The van der Waals surface area contributed by atoms with E-state index in [-0.39, 0.29) is 24.0 Å². The van der Waals surface area contributed by atoms with Crippen LogP contribution < -0.4 is 10.6 Å². The molecule has 1 aliphatic heterocycles. The Morgan fingerprint density at radius 3 is 2.43 bits per heavy atom. The van der Waals surface area contributed by atoms with Gasteiger partial charge in [-0.3, -0.25) is 9.58 Å². The molecule has 0 saturated carbocycles. The standard InChI is InChI=1S/C23H36N6.HI/c1-5-24-23(26-14-22-10-11-27-28(22)4)25-13-20-8-6-7-9-21(20)17-29-15-18(2)12-19(3)16-29;/h6-11,18-19H,5,12-17H2,1-4H3,(H2,24,25,26);1H. The molecule has 2 N–H and O–H groups in total. The molecule has 0 aliphatic carbocycles. The van der Waals surface area contributed by atoms with E-state index in [1.807, 2.05) is 24.0 Å². The minimum Gasteiger partial charge on any atom is -0.357 e. The van der Waals surface area contributed by atoms with Crippen LogP contribution in [0.3, 0.4) is 0 Å². The van der Waals surface area contributed by atoms with Crippen LogP contribution in [0.25, 0.3) is 0 Å². The van der Waals surface area contributed by atoms with Gasteiger partial charge in [0.25, 0.3) is 0 Å². The Kier molecular flexibility index (Phi) is 10.1. The van der Waals surface area contributed by atoms with Gasteiger partial charge < -0.3 is 10.6 Å². The molecule has 1 aliphatic rings. The minimum atomic E-state index is 0. The van der Waals surface area contributed by atoms with E-state index in [1.165, 1.54) is 30.6 Å². The van der Waals surface area contributed by atoms with Crippen molar-refractivity contribution in [3.63, 3.8) is 0 Å². The molecule has 2 unspecified atom stereocenters. The first kappa shape index (κ1) is 24.7. The molecule has 7 heteroatoms. The first-order valence-corrected chi connectivity index (χ1v) is 10.8. The van der Waals surface area contributed by atoms with Gasteiger partial charge in [0.2, 0.25) is 0 Å². The number of nitrogens with one attached hydrogen (secondary N) is 2. The van der Waals surface area contributed by atoms with Gasteiger partial charge in [-0.15, -0.1) is 24.0 Å². The highest BCUT2D eigenvalue weighted by Gasteiger charge is 2.22. The molecule has 2 aromatic rings. The summed E-state index contributed by atoms with van der Waals surface area (Å²) in [6.07, 6.45) is 3.16. The average Bonchev–Trinajstić information content (AvgIpc) is 3.09. The monoisotopic (exact) mass is 524 g/mol. The maximum atomic E-state index is 4.84. The third-order valence-electron chi connectivity index (χ3n) is 5.57. The number of guanidine groups is 1. The molecular weight excluding hydrogens is 487 g/mol. The van der Waals surface area contributed by atoms with E-state index in [9.17, 15) is 0 Å². The summed E-state index contributed by atoms with van der Waals surface area (Å²) in [6, 6.07) is 10.7. The fourth-order valence-corrected chi connectivity index (χ4v) is 4.28. The van der Waals surface area contributed by atoms with E-state index in [2.05, 4.69) is 65.7 Å². The van der Waals surface area contributed by atoms with Crippen molar-refractivity contribution >= 4 is 29.9 Å². The van der Waals surface area contributed by atoms with Gasteiger partial charge in [-0.1, -0.05) is 38.1 Å². The van der Waals surface area contributed by atoms with Crippen molar-refractivity contribution in [2.24, 2.45) is 23.9 Å². The van der Waals surface area contributed by atoms with Crippen molar-refractivity contribution in [3.05, 3.63) is 53.3 Å². The number of rotatable bonds is 7. The largest absolute Gasteiger partial charge is 0.357 e. The van der Waals surface area contributed by atoms with Crippen LogP contribution in [0.2, 0.25) is 0 Å². The van der Waals surface area contributed by atoms with Gasteiger partial charge in [0.1, 0.15) is 0 Å². The molecule has 0 spiro atoms. The highest BCUT2D eigenvalue weighted by atomic mass is 127. The Balaban J connectivity index is 0.00000320. The normalized spacial score (nSPS) is 19.9. The minimum absolute atomic E-state index is 0. The molecule has 0 amide bonds. The summed E-state index contributed by atoms with van der Waals surface area (Å²) in [6.45, 7) is 12.4. The summed E-state index contributed by atoms with van der Waals surface area (Å²) in [5.74, 6) is 2.39. The molecule has 1 saturated heterocycles. The van der Waals surface area contributed by atoms with Gasteiger partial charge in [0, 0.05) is 39.4 Å². The lowest BCUT2D eigenvalue weighted by atomic mass is 9.91. The summed E-state index contributed by atoms with van der Waals surface area (Å²) in [5.41, 5.74) is 3.82. The van der Waals surface area contributed by atoms with Crippen LogP contribution in [-0.4, -0.2) is 40.3 Å². The van der Waals surface area contributed by atoms with Gasteiger partial charge in [-0.05, 0) is 42.4 Å². The van der Waals surface area contributed by atoms with Gasteiger partial charge in [-0.2, -0.15) is 5.10 Å². The molecule has 166 valence electrons. The number of likely N-dealkylation sites (tertiary alicyclic amines) is 1. The first-order chi connectivity index (χ1) is 14.0. The Labute approximate surface area is 198 Å². The van der Waals surface area contributed by atoms with Crippen LogP contribution in [0.1, 0.15) is 44.0 Å². The number of benzene rings is 1. The Hall–Kier alpha value is -1.61. The molecule has 2 heterocycles. The van der Waals surface area contributed by atoms with Crippen LogP contribution >= 0.6 is 24.0 Å². The van der Waals surface area contributed by atoms with E-state index in [4.69, 9.17) is 4.99 Å². The third-order valence-corrected chi connectivity index (χ3v) is 5.57. The Morgan fingerprint density at radius 1 is 1.10 bits per heavy atom. The molecule has 3 rings (SSSR count). The number of hydrogen-bond donors (Lipinski definition) is 2. The zero-order valence-corrected chi connectivity index (χ0v) is 21.1. The van der Waals surface area contributed by atoms with E-state index in [0.29, 0.717) is 13.1 Å². The van der Waals surface area contributed by atoms with Crippen molar-refractivity contribution in [2.45, 2.75) is 46.8 Å². The summed E-state index contributed by atoms with van der Waals surface area (Å²) >= 11 is 0. The van der Waals surface area contributed by atoms with Crippen LogP contribution in [0.15, 0.2) is 41.5 Å². The number of aryl methyl sites for hydroxylation is 1. The molecule has 1 fully saturated rings. The van der Waals surface area contributed by atoms with Crippen LogP contribution in [0.4, 0.5) is 0 Å². The van der Waals surface area contributed by atoms with Gasteiger partial charge in [0.15, 0.2) is 5.96 Å². The van der Waals surface area contributed by atoms with Crippen molar-refractivity contribution in [2.75, 3.05) is 19.6 Å². The fourth-order valence-electron chi connectivity index (χ4n) is 4.28. The second-order valence-electron chi connectivity index (χ2n) is 8.40. The molecule has 0 bridgehead atoms. The number of aromatic nitrogens is 2. The van der Waals surface area contributed by atoms with Crippen molar-refractivity contribution in [3.8, 4) is 0 Å². The van der Waals surface area contributed by atoms with Gasteiger partial charge in [0.05, 0.1) is 18.8 Å². The number of hydrogen-bond acceptors (Lipinski definition) is 3. The van der Waals surface area contributed by atoms with E-state index in [0.717, 1.165) is 36.6 Å². The average molecular weight is 524 g/mol. The first-order valence-electron chi connectivity index (χ1n) is 10.8. The highest BCUT2D eigenvalue weighted by Crippen LogP contribution is 2.23. The van der Waals surface area contributed by atoms with Gasteiger partial charge in [-0.25, -0.2) is 4.99 Å². The highest BCUT2D eigenvalue weighted by molar-refractivity contribution is 14.0. The lowest BCUT2D eigenvalue weighted by molar-refractivity contribution is 0.134. The lowest BCUT2D eigenvalue weighted by Crippen LogP contribution is -2.38. The number of aliphatic imine (C=N–C) groups is 1. The molecule has 1 aromatic carbocycles. The second kappa shape index (κ2) is 12.3. The molecule has 0 radical (unpaired) electrons. The van der Waals surface area contributed by atoms with E-state index in [1.54, 1.807) is 0 Å². The van der Waals surface area contributed by atoms with Gasteiger partial charge >= 0.3 is 0 Å². The third kappa shape index (κ3) is 7.27. The molecule has 30 heavy (non-hydrogen) atoms. The van der Waals surface area contributed by atoms with E-state index < -0.39 is 0 Å². The fraction of sp³-hybridized carbons (Fsp3) is 0.565. The van der Waals surface area contributed by atoms with Crippen LogP contribution in [0.5, 0.6) is 0 Å². The smallest absolute Gasteiger partial charge is 0.191 e. The van der Waals surface area contributed by atoms with E-state index >= 15 is 0 Å². The summed E-state index contributed by atoms with van der Waals surface area (Å²) in [7, 11) is 1.96. The number of nitrogens with zero attached hydrogens (tertiary/aromatic N) is 4. The molecule has 1 aromatic heterocycles. The Morgan fingerprint density at radius 2 is 1.80 bits per heavy atom. The Bertz CT molecular complexity index is 792. The molecular formula is C23H37IN6. The second-order valence-corrected chi connectivity index (χ2v) is 8.40. The SMILES string of the molecule is CCNC(=NCc1ccccc1CN1CC(C)CC(C)C1)NCc1ccnn1C.I. The quantitative estimate of drug-likeness (QED) is 0.329. The number of halogens is 1. The summed E-state index contributed by atoms with van der Waals surface area (Å²) < 4.78 is 1.88. The predicted octanol–water partition coefficient (Wildman–Crippen LogP) is 3.77. The zero-order valence-electron chi connectivity index (χ0n) is 18.8. The predicted molar refractivity (Wildman–Crippen MR) is 135 cm³/mol. The zero-order chi connectivity index (χ0) is 20.6. The summed E-state index contributed by atoms with van der Waals surface area (Å²) in [5, 5.41) is 11.0. The molecule has 2 atom stereocenters. The maximum absolute atomic E-state index is 4.84. The topological polar surface area (TPSA) is 57.5 Å². The maximum Gasteiger partial charge on any atom is 0.191 e. The van der Waals surface area contributed by atoms with Crippen molar-refractivity contribution < 1.29 is 0 Å². The van der Waals surface area contributed by atoms with Crippen molar-refractivity contribution in [1.29, 1.82) is 0 Å². The molecule has 6 nitrogen and oxygen atoms in total. The lowest BCUT2D eigenvalue weighted by Gasteiger charge is -2.35. The van der Waals surface area contributed by atoms with Crippen molar-refractivity contribution in [1.82, 2.24) is 25.3 Å². The van der Waals surface area contributed by atoms with Crippen LogP contribution in [-0.2, 0) is 26.7 Å². The van der Waals surface area contributed by atoms with Crippen LogP contribution in [0, 0.1) is 11.8 Å². The summed E-state index contributed by atoms with van der Waals surface area (Å²) in [4.78, 5) is 7.45. The number of piperidine rings is 1.